The van der Waals surface area contributed by atoms with Crippen LogP contribution < -0.4 is 10.6 Å². The van der Waals surface area contributed by atoms with E-state index in [9.17, 15) is 4.79 Å². The number of carbonyl (C=O) groups is 1. The second-order valence-electron chi connectivity index (χ2n) is 6.00. The monoisotopic (exact) mass is 258 g/mol. The van der Waals surface area contributed by atoms with Crippen molar-refractivity contribution in [2.75, 3.05) is 12.4 Å². The molecule has 2 bridgehead atoms. The van der Waals surface area contributed by atoms with Crippen LogP contribution in [0.1, 0.15) is 31.2 Å². The molecule has 1 amide bonds. The lowest BCUT2D eigenvalue weighted by molar-refractivity contribution is -0.121. The van der Waals surface area contributed by atoms with Gasteiger partial charge < -0.3 is 10.6 Å². The van der Waals surface area contributed by atoms with Gasteiger partial charge in [0.25, 0.3) is 0 Å². The number of benzene rings is 1. The second-order valence-corrected chi connectivity index (χ2v) is 6.00. The molecule has 0 radical (unpaired) electrons. The molecule has 2 N–H and O–H groups in total. The Bertz CT molecular complexity index is 472. The molecular formula is C16H22N2O. The fourth-order valence-electron chi connectivity index (χ4n) is 3.76. The molecule has 2 aliphatic rings. The normalized spacial score (nSPS) is 28.6. The van der Waals surface area contributed by atoms with Crippen molar-refractivity contribution in [3.8, 4) is 0 Å². The lowest BCUT2D eigenvalue weighted by Gasteiger charge is -2.21. The summed E-state index contributed by atoms with van der Waals surface area (Å²) < 4.78 is 0. The minimum Gasteiger partial charge on any atom is -0.326 e. The molecule has 0 saturated heterocycles. The Labute approximate surface area is 114 Å². The molecule has 1 aromatic rings. The van der Waals surface area contributed by atoms with Gasteiger partial charge in [-0.15, -0.1) is 0 Å². The van der Waals surface area contributed by atoms with Crippen molar-refractivity contribution >= 4 is 11.6 Å². The minimum absolute atomic E-state index is 0.230. The van der Waals surface area contributed by atoms with Crippen LogP contribution >= 0.6 is 0 Å². The van der Waals surface area contributed by atoms with E-state index < -0.39 is 0 Å². The number of anilines is 1. The first-order valence-electron chi connectivity index (χ1n) is 7.30. The van der Waals surface area contributed by atoms with Crippen molar-refractivity contribution in [1.29, 1.82) is 0 Å². The van der Waals surface area contributed by atoms with Crippen molar-refractivity contribution in [3.05, 3.63) is 29.8 Å². The van der Waals surface area contributed by atoms with E-state index in [1.807, 2.05) is 19.2 Å². The van der Waals surface area contributed by atoms with Crippen molar-refractivity contribution in [2.24, 2.45) is 17.8 Å². The third-order valence-electron chi connectivity index (χ3n) is 4.65. The summed E-state index contributed by atoms with van der Waals surface area (Å²) in [5, 5.41) is 6.23. The zero-order valence-electron chi connectivity index (χ0n) is 11.5. The number of hydrogen-bond donors (Lipinski definition) is 2. The average molecular weight is 258 g/mol. The molecule has 0 heterocycles. The topological polar surface area (TPSA) is 41.1 Å². The van der Waals surface area contributed by atoms with Gasteiger partial charge in [-0.2, -0.15) is 0 Å². The van der Waals surface area contributed by atoms with Crippen molar-refractivity contribution in [2.45, 2.75) is 32.2 Å². The zero-order chi connectivity index (χ0) is 13.2. The molecule has 102 valence electrons. The van der Waals surface area contributed by atoms with E-state index in [1.165, 1.54) is 24.8 Å². The Kier molecular flexibility index (Phi) is 3.56. The average Bonchev–Trinajstić information content (AvgIpc) is 3.02. The molecule has 0 spiro atoms. The predicted molar refractivity (Wildman–Crippen MR) is 76.8 cm³/mol. The van der Waals surface area contributed by atoms with Crippen LogP contribution in [-0.2, 0) is 11.3 Å². The van der Waals surface area contributed by atoms with E-state index in [4.69, 9.17) is 0 Å². The maximum Gasteiger partial charge on any atom is 0.227 e. The van der Waals surface area contributed by atoms with Crippen molar-refractivity contribution < 1.29 is 4.79 Å². The van der Waals surface area contributed by atoms with E-state index in [2.05, 4.69) is 22.8 Å². The van der Waals surface area contributed by atoms with E-state index in [0.717, 1.165) is 24.6 Å². The van der Waals surface area contributed by atoms with E-state index >= 15 is 0 Å². The van der Waals surface area contributed by atoms with Crippen LogP contribution in [0.25, 0.3) is 0 Å². The number of hydrogen-bond acceptors (Lipinski definition) is 2. The third kappa shape index (κ3) is 2.66. The molecule has 3 unspecified atom stereocenters. The second kappa shape index (κ2) is 5.33. The number of fused-ring (bicyclic) bond motifs is 2. The highest BCUT2D eigenvalue weighted by Crippen LogP contribution is 2.48. The van der Waals surface area contributed by atoms with Crippen LogP contribution in [0.15, 0.2) is 24.3 Å². The van der Waals surface area contributed by atoms with Gasteiger partial charge in [0.15, 0.2) is 0 Å². The first kappa shape index (κ1) is 12.7. The lowest BCUT2D eigenvalue weighted by atomic mass is 9.88. The molecule has 19 heavy (non-hydrogen) atoms. The molecule has 3 heteroatoms. The van der Waals surface area contributed by atoms with Crippen LogP contribution in [0.3, 0.4) is 0 Å². The fraction of sp³-hybridized carbons (Fsp3) is 0.562. The van der Waals surface area contributed by atoms with Gasteiger partial charge in [0.1, 0.15) is 0 Å². The summed E-state index contributed by atoms with van der Waals surface area (Å²) >= 11 is 0. The highest BCUT2D eigenvalue weighted by Gasteiger charge is 2.42. The highest BCUT2D eigenvalue weighted by atomic mass is 16.1. The van der Waals surface area contributed by atoms with E-state index in [1.54, 1.807) is 0 Å². The smallest absolute Gasteiger partial charge is 0.227 e. The predicted octanol–water partition coefficient (Wildman–Crippen LogP) is 2.78. The third-order valence-corrected chi connectivity index (χ3v) is 4.65. The molecule has 3 atom stereocenters. The van der Waals surface area contributed by atoms with Crippen LogP contribution in [0.4, 0.5) is 5.69 Å². The summed E-state index contributed by atoms with van der Waals surface area (Å²) in [4.78, 5) is 12.3. The molecule has 0 aliphatic heterocycles. The molecular weight excluding hydrogens is 236 g/mol. The lowest BCUT2D eigenvalue weighted by Crippen LogP contribution is -2.27. The Balaban J connectivity index is 1.64. The Morgan fingerprint density at radius 3 is 2.89 bits per heavy atom. The van der Waals surface area contributed by atoms with Gasteiger partial charge in [-0.3, -0.25) is 4.79 Å². The van der Waals surface area contributed by atoms with Gasteiger partial charge in [0, 0.05) is 18.2 Å². The van der Waals surface area contributed by atoms with Crippen molar-refractivity contribution in [1.82, 2.24) is 5.32 Å². The SMILES string of the molecule is CNCc1cccc(NC(=O)C2CC3CCC2C3)c1. The summed E-state index contributed by atoms with van der Waals surface area (Å²) in [5.74, 6) is 1.95. The highest BCUT2D eigenvalue weighted by molar-refractivity contribution is 5.93. The van der Waals surface area contributed by atoms with E-state index in [-0.39, 0.29) is 11.8 Å². The van der Waals surface area contributed by atoms with Gasteiger partial charge >= 0.3 is 0 Å². The first-order valence-corrected chi connectivity index (χ1v) is 7.30. The largest absolute Gasteiger partial charge is 0.326 e. The minimum atomic E-state index is 0.230. The Hall–Kier alpha value is -1.35. The molecule has 3 nitrogen and oxygen atoms in total. The Morgan fingerprint density at radius 2 is 2.21 bits per heavy atom. The van der Waals surface area contributed by atoms with Gasteiger partial charge in [0.05, 0.1) is 0 Å². The van der Waals surface area contributed by atoms with Crippen LogP contribution in [0.2, 0.25) is 0 Å². The molecule has 1 aromatic carbocycles. The van der Waals surface area contributed by atoms with Crippen LogP contribution in [0, 0.1) is 17.8 Å². The van der Waals surface area contributed by atoms with E-state index in [0.29, 0.717) is 5.92 Å². The number of rotatable bonds is 4. The quantitative estimate of drug-likeness (QED) is 0.872. The fourth-order valence-corrected chi connectivity index (χ4v) is 3.76. The first-order chi connectivity index (χ1) is 9.26. The van der Waals surface area contributed by atoms with Gasteiger partial charge in [0.2, 0.25) is 5.91 Å². The maximum atomic E-state index is 12.3. The Morgan fingerprint density at radius 1 is 1.32 bits per heavy atom. The van der Waals surface area contributed by atoms with Crippen LogP contribution in [-0.4, -0.2) is 13.0 Å². The zero-order valence-corrected chi connectivity index (χ0v) is 11.5. The summed E-state index contributed by atoms with van der Waals surface area (Å²) in [5.41, 5.74) is 2.13. The summed E-state index contributed by atoms with van der Waals surface area (Å²) in [6.45, 7) is 0.831. The molecule has 2 aliphatic carbocycles. The number of nitrogens with one attached hydrogen (secondary N) is 2. The van der Waals surface area contributed by atoms with Crippen molar-refractivity contribution in [3.63, 3.8) is 0 Å². The molecule has 2 saturated carbocycles. The number of amides is 1. The molecule has 0 aromatic heterocycles. The summed E-state index contributed by atoms with van der Waals surface area (Å²) in [7, 11) is 1.93. The number of carbonyl (C=O) groups excluding carboxylic acids is 1. The van der Waals surface area contributed by atoms with Crippen LogP contribution in [0.5, 0.6) is 0 Å². The molecule has 3 rings (SSSR count). The molecule has 2 fully saturated rings. The standard InChI is InChI=1S/C16H22N2O/c1-17-10-12-3-2-4-14(8-12)18-16(19)15-9-11-5-6-13(15)7-11/h2-4,8,11,13,15,17H,5-7,9-10H2,1H3,(H,18,19). The maximum absolute atomic E-state index is 12.3. The van der Waals surface area contributed by atoms with Gasteiger partial charge in [-0.25, -0.2) is 0 Å². The van der Waals surface area contributed by atoms with Gasteiger partial charge in [-0.05, 0) is 55.8 Å². The van der Waals surface area contributed by atoms with Gasteiger partial charge in [-0.1, -0.05) is 18.6 Å². The summed E-state index contributed by atoms with van der Waals surface area (Å²) in [6, 6.07) is 8.11. The summed E-state index contributed by atoms with van der Waals surface area (Å²) in [6.07, 6.45) is 4.97.